The van der Waals surface area contributed by atoms with Gasteiger partial charge >= 0.3 is 5.97 Å². The molecule has 0 saturated heterocycles. The Hall–Kier alpha value is -3.53. The Morgan fingerprint density at radius 1 is 1.23 bits per heavy atom. The number of nitrogens with one attached hydrogen (secondary N) is 1. The van der Waals surface area contributed by atoms with Gasteiger partial charge in [-0.25, -0.2) is 9.78 Å². The molecule has 0 atom stereocenters. The van der Waals surface area contributed by atoms with Crippen molar-refractivity contribution < 1.29 is 19.2 Å². The second-order valence-electron chi connectivity index (χ2n) is 6.61. The number of benzene rings is 2. The third-order valence-electron chi connectivity index (χ3n) is 4.22. The van der Waals surface area contributed by atoms with Gasteiger partial charge in [0.2, 0.25) is 0 Å². The van der Waals surface area contributed by atoms with Crippen molar-refractivity contribution in [3.8, 4) is 0 Å². The Balaban J connectivity index is 1.50. The van der Waals surface area contributed by atoms with Crippen molar-refractivity contribution in [2.24, 2.45) is 0 Å². The first-order valence-corrected chi connectivity index (χ1v) is 9.91. The zero-order valence-corrected chi connectivity index (χ0v) is 17.3. The number of thiazole rings is 1. The third kappa shape index (κ3) is 5.09. The fourth-order valence-corrected chi connectivity index (χ4v) is 3.74. The molecule has 0 radical (unpaired) electrons. The zero-order valence-electron chi connectivity index (χ0n) is 16.5. The summed E-state index contributed by atoms with van der Waals surface area (Å²) in [4.78, 5) is 40.8. The summed E-state index contributed by atoms with van der Waals surface area (Å²) in [5.74, 6) is -1.26. The molecule has 30 heavy (non-hydrogen) atoms. The van der Waals surface area contributed by atoms with Gasteiger partial charge in [-0.3, -0.25) is 14.9 Å². The van der Waals surface area contributed by atoms with E-state index in [1.54, 1.807) is 30.3 Å². The molecule has 0 aliphatic heterocycles. The van der Waals surface area contributed by atoms with Crippen molar-refractivity contribution >= 4 is 44.8 Å². The molecule has 3 rings (SSSR count). The average Bonchev–Trinajstić information content (AvgIpc) is 3.14. The molecule has 1 aromatic heterocycles. The molecule has 0 spiro atoms. The first-order valence-electron chi connectivity index (χ1n) is 9.09. The van der Waals surface area contributed by atoms with Crippen molar-refractivity contribution in [3.05, 3.63) is 63.1 Å². The summed E-state index contributed by atoms with van der Waals surface area (Å²) in [7, 11) is 3.33. The lowest BCUT2D eigenvalue weighted by Crippen LogP contribution is -2.30. The predicted molar refractivity (Wildman–Crippen MR) is 114 cm³/mol. The van der Waals surface area contributed by atoms with E-state index in [4.69, 9.17) is 4.74 Å². The lowest BCUT2D eigenvalue weighted by Gasteiger charge is -2.13. The van der Waals surface area contributed by atoms with Crippen LogP contribution in [0.4, 0.5) is 11.4 Å². The molecule has 0 unspecified atom stereocenters. The molecule has 1 N–H and O–H groups in total. The summed E-state index contributed by atoms with van der Waals surface area (Å²) >= 11 is 1.56. The number of carbonyl (C=O) groups excluding carboxylic acids is 2. The Bertz CT molecular complexity index is 1060. The van der Waals surface area contributed by atoms with E-state index in [1.807, 2.05) is 24.3 Å². The summed E-state index contributed by atoms with van der Waals surface area (Å²) in [5, 5.41) is 14.8. The summed E-state index contributed by atoms with van der Waals surface area (Å²) in [6.45, 7) is -0.110. The molecule has 0 bridgehead atoms. The van der Waals surface area contributed by atoms with Gasteiger partial charge in [-0.1, -0.05) is 12.1 Å². The number of amides is 1. The number of nitro benzene ring substituents is 1. The van der Waals surface area contributed by atoms with Gasteiger partial charge in [0.05, 0.1) is 25.7 Å². The third-order valence-corrected chi connectivity index (χ3v) is 5.32. The SMILES string of the molecule is CN(C)c1ccc(C(=O)OCC(=O)NCCc2nc3ccccc3s2)cc1[N+](=O)[O-]. The molecule has 2 aromatic carbocycles. The lowest BCUT2D eigenvalue weighted by atomic mass is 10.1. The fraction of sp³-hybridized carbons (Fsp3) is 0.250. The van der Waals surface area contributed by atoms with Crippen molar-refractivity contribution in [1.29, 1.82) is 0 Å². The van der Waals surface area contributed by atoms with Crippen LogP contribution in [0.2, 0.25) is 0 Å². The lowest BCUT2D eigenvalue weighted by molar-refractivity contribution is -0.384. The van der Waals surface area contributed by atoms with Crippen molar-refractivity contribution in [2.75, 3.05) is 32.1 Å². The van der Waals surface area contributed by atoms with Crippen LogP contribution >= 0.6 is 11.3 Å². The molecule has 0 fully saturated rings. The molecule has 1 amide bonds. The monoisotopic (exact) mass is 428 g/mol. The van der Waals surface area contributed by atoms with Crippen molar-refractivity contribution in [2.45, 2.75) is 6.42 Å². The minimum Gasteiger partial charge on any atom is -0.452 e. The Morgan fingerprint density at radius 3 is 2.70 bits per heavy atom. The van der Waals surface area contributed by atoms with Gasteiger partial charge < -0.3 is 15.0 Å². The normalized spacial score (nSPS) is 10.6. The van der Waals surface area contributed by atoms with Crippen LogP contribution in [-0.4, -0.2) is 49.0 Å². The second kappa shape index (κ2) is 9.31. The summed E-state index contributed by atoms with van der Waals surface area (Å²) < 4.78 is 6.06. The van der Waals surface area contributed by atoms with Crippen LogP contribution in [0, 0.1) is 10.1 Å². The molecule has 156 valence electrons. The smallest absolute Gasteiger partial charge is 0.338 e. The molecule has 1 heterocycles. The number of aromatic nitrogens is 1. The number of anilines is 1. The van der Waals surface area contributed by atoms with Crippen LogP contribution < -0.4 is 10.2 Å². The van der Waals surface area contributed by atoms with Gasteiger partial charge in [0.15, 0.2) is 6.61 Å². The van der Waals surface area contributed by atoms with Crippen LogP contribution in [0.15, 0.2) is 42.5 Å². The standard InChI is InChI=1S/C20H20N4O5S/c1-23(2)15-8-7-13(11-16(15)24(27)28)20(26)29-12-18(25)21-10-9-19-22-14-5-3-4-6-17(14)30-19/h3-8,11H,9-10,12H2,1-2H3,(H,21,25). The fourth-order valence-electron chi connectivity index (χ4n) is 2.78. The first kappa shape index (κ1) is 21.2. The van der Waals surface area contributed by atoms with Crippen LogP contribution in [0.5, 0.6) is 0 Å². The maximum atomic E-state index is 12.2. The maximum Gasteiger partial charge on any atom is 0.338 e. The summed E-state index contributed by atoms with van der Waals surface area (Å²) in [6.07, 6.45) is 0.567. The highest BCUT2D eigenvalue weighted by atomic mass is 32.1. The van der Waals surface area contributed by atoms with Gasteiger partial charge in [0, 0.05) is 33.1 Å². The Kier molecular flexibility index (Phi) is 6.58. The molecule has 10 heteroatoms. The number of carbonyl (C=O) groups is 2. The van der Waals surface area contributed by atoms with Crippen LogP contribution in [0.25, 0.3) is 10.2 Å². The number of para-hydroxylation sites is 1. The van der Waals surface area contributed by atoms with E-state index in [1.165, 1.54) is 12.1 Å². The molecule has 9 nitrogen and oxygen atoms in total. The van der Waals surface area contributed by atoms with Crippen LogP contribution in [-0.2, 0) is 16.0 Å². The highest BCUT2D eigenvalue weighted by Gasteiger charge is 2.20. The first-order chi connectivity index (χ1) is 14.3. The minimum atomic E-state index is -0.801. The van der Waals surface area contributed by atoms with Crippen molar-refractivity contribution in [1.82, 2.24) is 10.3 Å². The number of hydrogen-bond acceptors (Lipinski definition) is 8. The molecule has 0 aliphatic rings. The number of nitrogens with zero attached hydrogens (tertiary/aromatic N) is 3. The molecule has 3 aromatic rings. The van der Waals surface area contributed by atoms with Crippen LogP contribution in [0.3, 0.4) is 0 Å². The van der Waals surface area contributed by atoms with Crippen molar-refractivity contribution in [3.63, 3.8) is 0 Å². The molecule has 0 saturated carbocycles. The van der Waals surface area contributed by atoms with Gasteiger partial charge in [0.1, 0.15) is 5.69 Å². The van der Waals surface area contributed by atoms with E-state index in [0.29, 0.717) is 18.7 Å². The predicted octanol–water partition coefficient (Wildman–Crippen LogP) is 2.79. The zero-order chi connectivity index (χ0) is 21.7. The number of esters is 1. The largest absolute Gasteiger partial charge is 0.452 e. The highest BCUT2D eigenvalue weighted by Crippen LogP contribution is 2.28. The summed E-state index contributed by atoms with van der Waals surface area (Å²) in [5.41, 5.74) is 1.08. The second-order valence-corrected chi connectivity index (χ2v) is 7.72. The number of rotatable bonds is 8. The molecular formula is C20H20N4O5S. The minimum absolute atomic E-state index is 0.00887. The number of ether oxygens (including phenoxy) is 1. The van der Waals surface area contributed by atoms with Gasteiger partial charge in [0.25, 0.3) is 11.6 Å². The van der Waals surface area contributed by atoms with E-state index in [-0.39, 0.29) is 11.3 Å². The highest BCUT2D eigenvalue weighted by molar-refractivity contribution is 7.18. The molecule has 0 aliphatic carbocycles. The number of hydrogen-bond donors (Lipinski definition) is 1. The Labute approximate surface area is 176 Å². The number of nitro groups is 1. The van der Waals surface area contributed by atoms with Gasteiger partial charge in [-0.05, 0) is 24.3 Å². The van der Waals surface area contributed by atoms with E-state index in [9.17, 15) is 19.7 Å². The van der Waals surface area contributed by atoms with E-state index < -0.39 is 23.4 Å². The number of fused-ring (bicyclic) bond motifs is 1. The topological polar surface area (TPSA) is 115 Å². The van der Waals surface area contributed by atoms with E-state index in [0.717, 1.165) is 21.3 Å². The van der Waals surface area contributed by atoms with E-state index in [2.05, 4.69) is 10.3 Å². The van der Waals surface area contributed by atoms with Gasteiger partial charge in [-0.2, -0.15) is 0 Å². The average molecular weight is 428 g/mol. The summed E-state index contributed by atoms with van der Waals surface area (Å²) in [6, 6.07) is 11.8. The van der Waals surface area contributed by atoms with Gasteiger partial charge in [-0.15, -0.1) is 11.3 Å². The quantitative estimate of drug-likeness (QED) is 0.333. The van der Waals surface area contributed by atoms with E-state index >= 15 is 0 Å². The molecular weight excluding hydrogens is 408 g/mol. The maximum absolute atomic E-state index is 12.2. The Morgan fingerprint density at radius 2 is 2.00 bits per heavy atom. The van der Waals surface area contributed by atoms with Crippen LogP contribution in [0.1, 0.15) is 15.4 Å².